The Labute approximate surface area is 190 Å². The number of non-ortho nitro benzene ring substituents is 1. The van der Waals surface area contributed by atoms with Crippen LogP contribution in [0.5, 0.6) is 0 Å². The van der Waals surface area contributed by atoms with Crippen molar-refractivity contribution in [3.05, 3.63) is 67.1 Å². The largest absolute Gasteiger partial charge is 0.343 e. The van der Waals surface area contributed by atoms with Crippen molar-refractivity contribution >= 4 is 29.1 Å². The number of Topliss-reactive ketones (excluding diaryl/α,β-unsaturated/α-hetero) is 1. The van der Waals surface area contributed by atoms with Crippen molar-refractivity contribution < 1.29 is 9.72 Å². The maximum absolute atomic E-state index is 13.2. The van der Waals surface area contributed by atoms with Gasteiger partial charge in [-0.2, -0.15) is 0 Å². The number of ketones is 1. The van der Waals surface area contributed by atoms with Crippen LogP contribution in [0.25, 0.3) is 0 Å². The molecule has 2 unspecified atom stereocenters. The van der Waals surface area contributed by atoms with Crippen molar-refractivity contribution in [1.82, 2.24) is 9.97 Å². The van der Waals surface area contributed by atoms with Gasteiger partial charge in [-0.1, -0.05) is 51.6 Å². The van der Waals surface area contributed by atoms with E-state index < -0.39 is 10.8 Å². The molecule has 0 saturated heterocycles. The molecule has 0 radical (unpaired) electrons. The molecular formula is C23H26N4O4S. The maximum Gasteiger partial charge on any atom is 0.269 e. The Balaban J connectivity index is 1.89. The number of nitrogens with one attached hydrogen (secondary N) is 2. The van der Waals surface area contributed by atoms with E-state index in [4.69, 9.17) is 0 Å². The van der Waals surface area contributed by atoms with Crippen LogP contribution in [0.1, 0.15) is 64.0 Å². The number of aromatic nitrogens is 2. The molecule has 0 bridgehead atoms. The van der Waals surface area contributed by atoms with E-state index in [0.717, 1.165) is 12.1 Å². The number of H-pyrrole nitrogens is 1. The predicted octanol–water partition coefficient (Wildman–Crippen LogP) is 4.77. The summed E-state index contributed by atoms with van der Waals surface area (Å²) >= 11 is 1.50. The number of fused-ring (bicyclic) bond motifs is 1. The zero-order valence-electron chi connectivity index (χ0n) is 18.5. The van der Waals surface area contributed by atoms with Gasteiger partial charge in [-0.15, -0.1) is 0 Å². The van der Waals surface area contributed by atoms with E-state index in [2.05, 4.69) is 29.1 Å². The highest BCUT2D eigenvalue weighted by molar-refractivity contribution is 7.99. The van der Waals surface area contributed by atoms with E-state index in [-0.39, 0.29) is 27.7 Å². The molecule has 1 aliphatic heterocycles. The van der Waals surface area contributed by atoms with Crippen LogP contribution < -0.4 is 10.9 Å². The fraction of sp³-hybridized carbons (Fsp3) is 0.435. The Morgan fingerprint density at radius 2 is 1.94 bits per heavy atom. The van der Waals surface area contributed by atoms with Crippen LogP contribution in [0.4, 0.5) is 11.5 Å². The number of rotatable bonds is 5. The molecule has 4 rings (SSSR count). The van der Waals surface area contributed by atoms with Gasteiger partial charge in [0.2, 0.25) is 0 Å². The highest BCUT2D eigenvalue weighted by atomic mass is 32.2. The summed E-state index contributed by atoms with van der Waals surface area (Å²) in [6, 6.07) is 6.06. The summed E-state index contributed by atoms with van der Waals surface area (Å²) < 4.78 is 0. The SMILES string of the molecule is CCC(C)Sc1nc2c(c(=O)[nH]1)C(c1ccc([N+](=O)[O-])cc1)C1=C(CC(C)(C)CC1=O)N2. The topological polar surface area (TPSA) is 118 Å². The molecule has 2 atom stereocenters. The van der Waals surface area contributed by atoms with Crippen molar-refractivity contribution in [1.29, 1.82) is 0 Å². The average Bonchev–Trinajstić information content (AvgIpc) is 2.71. The van der Waals surface area contributed by atoms with Crippen molar-refractivity contribution in [2.75, 3.05) is 5.32 Å². The summed E-state index contributed by atoms with van der Waals surface area (Å²) in [5, 5.41) is 15.2. The summed E-state index contributed by atoms with van der Waals surface area (Å²) in [5.74, 6) is -0.188. The van der Waals surface area contributed by atoms with Gasteiger partial charge in [0.25, 0.3) is 11.2 Å². The maximum atomic E-state index is 13.2. The molecule has 2 aromatic rings. The first kappa shape index (κ1) is 22.3. The minimum atomic E-state index is -0.621. The van der Waals surface area contributed by atoms with E-state index in [1.54, 1.807) is 12.1 Å². The van der Waals surface area contributed by atoms with Crippen LogP contribution in [0.15, 0.2) is 45.5 Å². The first-order valence-corrected chi connectivity index (χ1v) is 11.6. The second kappa shape index (κ2) is 8.20. The molecule has 9 heteroatoms. The van der Waals surface area contributed by atoms with Crippen LogP contribution in [0.3, 0.4) is 0 Å². The Kier molecular flexibility index (Phi) is 5.70. The smallest absolute Gasteiger partial charge is 0.269 e. The summed E-state index contributed by atoms with van der Waals surface area (Å²) in [5.41, 5.74) is 1.81. The minimum absolute atomic E-state index is 0.0183. The third kappa shape index (κ3) is 4.09. The van der Waals surface area contributed by atoms with E-state index >= 15 is 0 Å². The number of anilines is 1. The second-order valence-corrected chi connectivity index (χ2v) is 10.6. The molecule has 1 aromatic carbocycles. The van der Waals surface area contributed by atoms with Gasteiger partial charge in [-0.05, 0) is 23.8 Å². The van der Waals surface area contributed by atoms with Crippen molar-refractivity contribution in [3.63, 3.8) is 0 Å². The normalized spacial score (nSPS) is 20.2. The van der Waals surface area contributed by atoms with Gasteiger partial charge in [0.1, 0.15) is 5.82 Å². The second-order valence-electron chi connectivity index (χ2n) is 9.21. The summed E-state index contributed by atoms with van der Waals surface area (Å²) in [6.07, 6.45) is 1.96. The van der Waals surface area contributed by atoms with Crippen molar-refractivity contribution in [2.45, 2.75) is 63.3 Å². The van der Waals surface area contributed by atoms with Crippen molar-refractivity contribution in [3.8, 4) is 0 Å². The van der Waals surface area contributed by atoms with E-state index in [1.807, 2.05) is 13.8 Å². The third-order valence-corrected chi connectivity index (χ3v) is 7.18. The Bertz CT molecular complexity index is 1180. The first-order chi connectivity index (χ1) is 15.1. The van der Waals surface area contributed by atoms with Crippen LogP contribution in [0, 0.1) is 15.5 Å². The lowest BCUT2D eigenvalue weighted by atomic mass is 9.69. The van der Waals surface area contributed by atoms with Crippen LogP contribution in [-0.2, 0) is 4.79 Å². The summed E-state index contributed by atoms with van der Waals surface area (Å²) in [6.45, 7) is 8.23. The number of carbonyl (C=O) groups excluding carboxylic acids is 1. The average molecular weight is 455 g/mol. The van der Waals surface area contributed by atoms with Crippen molar-refractivity contribution in [2.24, 2.45) is 5.41 Å². The molecular weight excluding hydrogens is 428 g/mol. The van der Waals surface area contributed by atoms with Gasteiger partial charge in [0.05, 0.1) is 10.5 Å². The number of benzene rings is 1. The molecule has 0 saturated carbocycles. The highest BCUT2D eigenvalue weighted by Crippen LogP contribution is 2.47. The number of thioether (sulfide) groups is 1. The molecule has 32 heavy (non-hydrogen) atoms. The zero-order valence-corrected chi connectivity index (χ0v) is 19.3. The Morgan fingerprint density at radius 1 is 1.25 bits per heavy atom. The molecule has 1 aromatic heterocycles. The number of allylic oxidation sites excluding steroid dienone is 2. The van der Waals surface area contributed by atoms with Gasteiger partial charge >= 0.3 is 0 Å². The fourth-order valence-corrected chi connectivity index (χ4v) is 5.19. The Morgan fingerprint density at radius 3 is 2.56 bits per heavy atom. The minimum Gasteiger partial charge on any atom is -0.343 e. The zero-order chi connectivity index (χ0) is 23.2. The first-order valence-electron chi connectivity index (χ1n) is 10.7. The standard InChI is InChI=1S/C23H26N4O4S/c1-5-12(2)32-22-25-20-19(21(29)26-22)17(13-6-8-14(9-7-13)27(30)31)18-15(24-20)10-23(3,4)11-16(18)28/h6-9,12,17H,5,10-11H2,1-4H3,(H2,24,25,26,29). The van der Waals surface area contributed by atoms with Gasteiger partial charge in [0.15, 0.2) is 10.9 Å². The predicted molar refractivity (Wildman–Crippen MR) is 124 cm³/mol. The van der Waals surface area contributed by atoms with E-state index in [9.17, 15) is 19.7 Å². The molecule has 1 aliphatic carbocycles. The number of nitro benzene ring substituents is 1. The van der Waals surface area contributed by atoms with Crippen LogP contribution >= 0.6 is 11.8 Å². The number of nitrogens with zero attached hydrogens (tertiary/aromatic N) is 2. The van der Waals surface area contributed by atoms with Gasteiger partial charge < -0.3 is 10.3 Å². The van der Waals surface area contributed by atoms with E-state index in [0.29, 0.717) is 40.5 Å². The van der Waals surface area contributed by atoms with Gasteiger partial charge in [-0.3, -0.25) is 19.7 Å². The number of hydrogen-bond acceptors (Lipinski definition) is 7. The number of carbonyl (C=O) groups is 1. The molecule has 2 aliphatic rings. The summed E-state index contributed by atoms with van der Waals surface area (Å²) in [4.78, 5) is 44.7. The lowest BCUT2D eigenvalue weighted by Crippen LogP contribution is -2.37. The number of nitro groups is 1. The molecule has 0 spiro atoms. The van der Waals surface area contributed by atoms with Crippen LogP contribution in [-0.4, -0.2) is 25.9 Å². The lowest BCUT2D eigenvalue weighted by Gasteiger charge is -2.38. The number of aromatic amines is 1. The summed E-state index contributed by atoms with van der Waals surface area (Å²) in [7, 11) is 0. The lowest BCUT2D eigenvalue weighted by molar-refractivity contribution is -0.384. The number of hydrogen-bond donors (Lipinski definition) is 2. The highest BCUT2D eigenvalue weighted by Gasteiger charge is 2.42. The van der Waals surface area contributed by atoms with Gasteiger partial charge in [-0.25, -0.2) is 4.98 Å². The molecule has 2 N–H and O–H groups in total. The van der Waals surface area contributed by atoms with Gasteiger partial charge in [0, 0.05) is 41.0 Å². The monoisotopic (exact) mass is 454 g/mol. The molecule has 0 amide bonds. The molecule has 2 heterocycles. The van der Waals surface area contributed by atoms with Crippen LogP contribution in [0.2, 0.25) is 0 Å². The quantitative estimate of drug-likeness (QED) is 0.289. The molecule has 0 fully saturated rings. The molecule has 168 valence electrons. The Hall–Kier alpha value is -2.94. The van der Waals surface area contributed by atoms with E-state index in [1.165, 1.54) is 23.9 Å². The molecule has 8 nitrogen and oxygen atoms in total. The third-order valence-electron chi connectivity index (χ3n) is 6.03. The fourth-order valence-electron chi connectivity index (χ4n) is 4.34.